The maximum absolute atomic E-state index is 11.6. The van der Waals surface area contributed by atoms with E-state index in [0.29, 0.717) is 5.56 Å². The van der Waals surface area contributed by atoms with Gasteiger partial charge in [0.1, 0.15) is 0 Å². The fourth-order valence-corrected chi connectivity index (χ4v) is 1.65. The van der Waals surface area contributed by atoms with Gasteiger partial charge in [-0.1, -0.05) is 6.07 Å². The molecule has 80 valence electrons. The van der Waals surface area contributed by atoms with Gasteiger partial charge in [-0.05, 0) is 42.1 Å². The standard InChI is InChI=1S/C10H11NO3S.Na/c12-10(11-8-4-5-8)7-2-1-3-9(6-7)15(13)14;/h1-3,6,8H,4-5H2,(H,11,12)(H,13,14);/q;+1/p-1. The molecule has 1 aromatic rings. The van der Waals surface area contributed by atoms with Crippen LogP contribution in [-0.2, 0) is 11.1 Å². The molecule has 6 heteroatoms. The normalized spacial score (nSPS) is 16.1. The summed E-state index contributed by atoms with van der Waals surface area (Å²) in [5.74, 6) is -0.204. The first-order valence-electron chi connectivity index (χ1n) is 4.67. The Balaban J connectivity index is 0.00000128. The number of carbonyl (C=O) groups is 1. The van der Waals surface area contributed by atoms with E-state index >= 15 is 0 Å². The van der Waals surface area contributed by atoms with Gasteiger partial charge in [0.15, 0.2) is 0 Å². The summed E-state index contributed by atoms with van der Waals surface area (Å²) in [6.07, 6.45) is 2.03. The zero-order valence-electron chi connectivity index (χ0n) is 8.93. The minimum atomic E-state index is -2.28. The molecule has 1 N–H and O–H groups in total. The number of rotatable bonds is 3. The smallest absolute Gasteiger partial charge is 0.768 e. The number of amides is 1. The predicted molar refractivity (Wildman–Crippen MR) is 54.1 cm³/mol. The Labute approximate surface area is 118 Å². The quantitative estimate of drug-likeness (QED) is 0.488. The summed E-state index contributed by atoms with van der Waals surface area (Å²) in [4.78, 5) is 11.7. The predicted octanol–water partition coefficient (Wildman–Crippen LogP) is -2.18. The first-order chi connectivity index (χ1) is 7.16. The van der Waals surface area contributed by atoms with Crippen LogP contribution in [0.15, 0.2) is 29.2 Å². The van der Waals surface area contributed by atoms with Gasteiger partial charge in [0, 0.05) is 16.5 Å². The molecule has 1 fully saturated rings. The Morgan fingerprint density at radius 1 is 1.44 bits per heavy atom. The van der Waals surface area contributed by atoms with Gasteiger partial charge in [-0.15, -0.1) is 0 Å². The summed E-state index contributed by atoms with van der Waals surface area (Å²) in [5, 5.41) is 2.80. The fourth-order valence-electron chi connectivity index (χ4n) is 1.24. The number of hydrogen-bond donors (Lipinski definition) is 1. The van der Waals surface area contributed by atoms with Crippen molar-refractivity contribution in [1.82, 2.24) is 5.32 Å². The molecule has 1 aromatic carbocycles. The number of nitrogens with one attached hydrogen (secondary N) is 1. The van der Waals surface area contributed by atoms with Gasteiger partial charge < -0.3 is 9.87 Å². The van der Waals surface area contributed by atoms with Gasteiger partial charge in [0.25, 0.3) is 5.91 Å². The summed E-state index contributed by atoms with van der Waals surface area (Å²) in [5.41, 5.74) is 0.392. The molecule has 0 spiro atoms. The molecule has 0 heterocycles. The summed E-state index contributed by atoms with van der Waals surface area (Å²) in [6, 6.07) is 6.28. The van der Waals surface area contributed by atoms with Crippen molar-refractivity contribution in [1.29, 1.82) is 0 Å². The summed E-state index contributed by atoms with van der Waals surface area (Å²) < 4.78 is 21.4. The molecular formula is C10H10NNaO3S. The third kappa shape index (κ3) is 3.68. The fraction of sp³-hybridized carbons (Fsp3) is 0.300. The maximum atomic E-state index is 11.6. The van der Waals surface area contributed by atoms with Crippen LogP contribution in [0.3, 0.4) is 0 Å². The van der Waals surface area contributed by atoms with Gasteiger partial charge in [-0.2, -0.15) is 0 Å². The second kappa shape index (κ2) is 5.93. The molecule has 0 aromatic heterocycles. The maximum Gasteiger partial charge on any atom is 1.00 e. The van der Waals surface area contributed by atoms with E-state index in [4.69, 9.17) is 0 Å². The third-order valence-electron chi connectivity index (χ3n) is 2.20. The van der Waals surface area contributed by atoms with Crippen LogP contribution in [0.2, 0.25) is 0 Å². The molecule has 1 unspecified atom stereocenters. The minimum Gasteiger partial charge on any atom is -0.768 e. The van der Waals surface area contributed by atoms with E-state index in [-0.39, 0.29) is 46.4 Å². The van der Waals surface area contributed by atoms with Crippen LogP contribution >= 0.6 is 0 Å². The van der Waals surface area contributed by atoms with Gasteiger partial charge in [0.2, 0.25) is 0 Å². The average molecular weight is 247 g/mol. The van der Waals surface area contributed by atoms with Crippen molar-refractivity contribution in [3.8, 4) is 0 Å². The van der Waals surface area contributed by atoms with Crippen LogP contribution in [0, 0.1) is 0 Å². The van der Waals surface area contributed by atoms with Crippen LogP contribution in [-0.4, -0.2) is 20.7 Å². The Morgan fingerprint density at radius 3 is 2.69 bits per heavy atom. The third-order valence-corrected chi connectivity index (χ3v) is 2.84. The summed E-state index contributed by atoms with van der Waals surface area (Å²) >= 11 is -2.28. The van der Waals surface area contributed by atoms with Crippen molar-refractivity contribution in [3.63, 3.8) is 0 Å². The van der Waals surface area contributed by atoms with Crippen LogP contribution < -0.4 is 34.9 Å². The van der Waals surface area contributed by atoms with E-state index in [9.17, 15) is 13.6 Å². The van der Waals surface area contributed by atoms with Crippen molar-refractivity contribution in [2.75, 3.05) is 0 Å². The molecule has 0 bridgehead atoms. The van der Waals surface area contributed by atoms with E-state index in [1.165, 1.54) is 12.1 Å². The molecule has 1 atom stereocenters. The van der Waals surface area contributed by atoms with E-state index in [2.05, 4.69) is 5.32 Å². The van der Waals surface area contributed by atoms with Crippen LogP contribution in [0.5, 0.6) is 0 Å². The van der Waals surface area contributed by atoms with Crippen molar-refractivity contribution in [2.24, 2.45) is 0 Å². The Kier molecular flexibility index (Phi) is 5.14. The average Bonchev–Trinajstić information content (AvgIpc) is 3.02. The molecule has 16 heavy (non-hydrogen) atoms. The van der Waals surface area contributed by atoms with Gasteiger partial charge in [-0.3, -0.25) is 9.00 Å². The molecule has 0 radical (unpaired) electrons. The Bertz CT molecular complexity index is 420. The summed E-state index contributed by atoms with van der Waals surface area (Å²) in [6.45, 7) is 0. The second-order valence-electron chi connectivity index (χ2n) is 3.51. The largest absolute Gasteiger partial charge is 1.00 e. The zero-order chi connectivity index (χ0) is 10.8. The SMILES string of the molecule is O=C(NC1CC1)c1cccc(S(=O)[O-])c1.[Na+]. The molecule has 1 aliphatic carbocycles. The van der Waals surface area contributed by atoms with Crippen molar-refractivity contribution in [3.05, 3.63) is 29.8 Å². The van der Waals surface area contributed by atoms with Crippen LogP contribution in [0.1, 0.15) is 23.2 Å². The monoisotopic (exact) mass is 247 g/mol. The van der Waals surface area contributed by atoms with Crippen LogP contribution in [0.25, 0.3) is 0 Å². The van der Waals surface area contributed by atoms with Gasteiger partial charge >= 0.3 is 29.6 Å². The van der Waals surface area contributed by atoms with E-state index in [1.807, 2.05) is 0 Å². The molecular weight excluding hydrogens is 237 g/mol. The molecule has 1 saturated carbocycles. The first-order valence-corrected chi connectivity index (χ1v) is 5.74. The zero-order valence-corrected chi connectivity index (χ0v) is 11.8. The van der Waals surface area contributed by atoms with Crippen molar-refractivity contribution in [2.45, 2.75) is 23.8 Å². The molecule has 0 saturated heterocycles. The number of hydrogen-bond acceptors (Lipinski definition) is 3. The second-order valence-corrected chi connectivity index (χ2v) is 4.45. The van der Waals surface area contributed by atoms with E-state index in [0.717, 1.165) is 12.8 Å². The molecule has 4 nitrogen and oxygen atoms in total. The topological polar surface area (TPSA) is 69.2 Å². The minimum absolute atomic E-state index is 0. The number of benzene rings is 1. The number of carbonyl (C=O) groups excluding carboxylic acids is 1. The van der Waals surface area contributed by atoms with Crippen molar-refractivity contribution >= 4 is 17.0 Å². The molecule has 2 rings (SSSR count). The summed E-state index contributed by atoms with van der Waals surface area (Å²) in [7, 11) is 0. The van der Waals surface area contributed by atoms with E-state index < -0.39 is 11.1 Å². The molecule has 1 amide bonds. The molecule has 0 aliphatic heterocycles. The van der Waals surface area contributed by atoms with Gasteiger partial charge in [0.05, 0.1) is 0 Å². The van der Waals surface area contributed by atoms with E-state index in [1.54, 1.807) is 12.1 Å². The van der Waals surface area contributed by atoms with Crippen molar-refractivity contribution < 1.29 is 43.1 Å². The first kappa shape index (κ1) is 13.9. The van der Waals surface area contributed by atoms with Gasteiger partial charge in [-0.25, -0.2) is 0 Å². The van der Waals surface area contributed by atoms with Crippen LogP contribution in [0.4, 0.5) is 0 Å². The Morgan fingerprint density at radius 2 is 2.12 bits per heavy atom. The molecule has 1 aliphatic rings. The Hall–Kier alpha value is -0.200.